The van der Waals surface area contributed by atoms with Crippen molar-refractivity contribution >= 4 is 16.8 Å². The molecule has 1 saturated carbocycles. The summed E-state index contributed by atoms with van der Waals surface area (Å²) < 4.78 is 6.04. The molecule has 5 heteroatoms. The van der Waals surface area contributed by atoms with Crippen molar-refractivity contribution in [1.29, 1.82) is 0 Å². The molecule has 130 valence electrons. The zero-order chi connectivity index (χ0) is 16.8. The van der Waals surface area contributed by atoms with Gasteiger partial charge < -0.3 is 10.1 Å². The molecule has 0 spiro atoms. The van der Waals surface area contributed by atoms with Gasteiger partial charge >= 0.3 is 0 Å². The van der Waals surface area contributed by atoms with Crippen LogP contribution in [-0.2, 0) is 4.74 Å². The number of fused-ring (bicyclic) bond motifs is 2. The van der Waals surface area contributed by atoms with E-state index in [4.69, 9.17) is 4.74 Å². The minimum absolute atomic E-state index is 0.00950. The largest absolute Gasteiger partial charge is 0.375 e. The van der Waals surface area contributed by atoms with Crippen LogP contribution in [-0.4, -0.2) is 53.7 Å². The van der Waals surface area contributed by atoms with Gasteiger partial charge in [0.05, 0.1) is 18.2 Å². The summed E-state index contributed by atoms with van der Waals surface area (Å²) in [7, 11) is 0. The lowest BCUT2D eigenvalue weighted by molar-refractivity contribution is -0.0581. The normalized spacial score (nSPS) is 29.5. The number of aromatic nitrogens is 1. The highest BCUT2D eigenvalue weighted by Gasteiger charge is 2.42. The van der Waals surface area contributed by atoms with E-state index in [1.165, 1.54) is 12.8 Å². The number of carbonyl (C=O) groups is 1. The molecule has 3 fully saturated rings. The molecule has 25 heavy (non-hydrogen) atoms. The van der Waals surface area contributed by atoms with Crippen LogP contribution in [0.3, 0.4) is 0 Å². The molecule has 1 aromatic carbocycles. The predicted molar refractivity (Wildman–Crippen MR) is 95.4 cm³/mol. The fourth-order valence-electron chi connectivity index (χ4n) is 4.24. The molecule has 2 saturated heterocycles. The molecular weight excluding hydrogens is 314 g/mol. The van der Waals surface area contributed by atoms with E-state index in [2.05, 4.69) is 15.2 Å². The first-order chi connectivity index (χ1) is 12.3. The van der Waals surface area contributed by atoms with Crippen LogP contribution in [0.15, 0.2) is 36.5 Å². The maximum atomic E-state index is 12.7. The zero-order valence-electron chi connectivity index (χ0n) is 14.2. The van der Waals surface area contributed by atoms with Crippen LogP contribution in [0.5, 0.6) is 0 Å². The lowest BCUT2D eigenvalue weighted by Crippen LogP contribution is -2.47. The highest BCUT2D eigenvalue weighted by molar-refractivity contribution is 5.98. The van der Waals surface area contributed by atoms with Gasteiger partial charge in [-0.1, -0.05) is 6.07 Å². The third-order valence-electron chi connectivity index (χ3n) is 5.79. The molecule has 2 aliphatic heterocycles. The van der Waals surface area contributed by atoms with Crippen molar-refractivity contribution in [3.63, 3.8) is 0 Å². The maximum absolute atomic E-state index is 12.7. The molecule has 0 bridgehead atoms. The van der Waals surface area contributed by atoms with Crippen molar-refractivity contribution < 1.29 is 9.53 Å². The topological polar surface area (TPSA) is 54.5 Å². The molecule has 1 aromatic heterocycles. The fourth-order valence-corrected chi connectivity index (χ4v) is 4.24. The maximum Gasteiger partial charge on any atom is 0.251 e. The predicted octanol–water partition coefficient (Wildman–Crippen LogP) is 2.22. The summed E-state index contributed by atoms with van der Waals surface area (Å²) in [5.74, 6) is 0.788. The molecule has 0 unspecified atom stereocenters. The quantitative estimate of drug-likeness (QED) is 0.933. The van der Waals surface area contributed by atoms with Crippen molar-refractivity contribution in [2.45, 2.75) is 37.5 Å². The van der Waals surface area contributed by atoms with E-state index in [1.54, 1.807) is 6.20 Å². The van der Waals surface area contributed by atoms with E-state index in [0.29, 0.717) is 17.7 Å². The Balaban J connectivity index is 1.25. The van der Waals surface area contributed by atoms with Crippen LogP contribution in [0, 0.1) is 5.92 Å². The third-order valence-corrected chi connectivity index (χ3v) is 5.79. The number of ether oxygens (including phenoxy) is 1. The first kappa shape index (κ1) is 15.3. The van der Waals surface area contributed by atoms with Crippen molar-refractivity contribution in [1.82, 2.24) is 15.2 Å². The molecule has 1 aliphatic carbocycles. The third kappa shape index (κ3) is 3.02. The Hall–Kier alpha value is -1.98. The Labute approximate surface area is 147 Å². The molecule has 0 radical (unpaired) electrons. The van der Waals surface area contributed by atoms with Gasteiger partial charge in [0, 0.05) is 42.3 Å². The van der Waals surface area contributed by atoms with Crippen LogP contribution in [0.2, 0.25) is 0 Å². The Bertz CT molecular complexity index is 804. The van der Waals surface area contributed by atoms with Gasteiger partial charge in [-0.05, 0) is 49.4 Å². The van der Waals surface area contributed by atoms with Crippen molar-refractivity contribution in [2.75, 3.05) is 19.7 Å². The Kier molecular flexibility index (Phi) is 3.71. The second kappa shape index (κ2) is 6.07. The van der Waals surface area contributed by atoms with Crippen molar-refractivity contribution in [3.8, 4) is 0 Å². The summed E-state index contributed by atoms with van der Waals surface area (Å²) in [5.41, 5.74) is 1.62. The summed E-state index contributed by atoms with van der Waals surface area (Å²) in [4.78, 5) is 19.5. The second-order valence-corrected chi connectivity index (χ2v) is 7.63. The van der Waals surface area contributed by atoms with E-state index < -0.39 is 0 Å². The van der Waals surface area contributed by atoms with Gasteiger partial charge in [0.2, 0.25) is 0 Å². The van der Waals surface area contributed by atoms with Gasteiger partial charge in [-0.15, -0.1) is 0 Å². The smallest absolute Gasteiger partial charge is 0.251 e. The molecular formula is C20H23N3O2. The number of hydrogen-bond donors (Lipinski definition) is 1. The summed E-state index contributed by atoms with van der Waals surface area (Å²) in [6.45, 7) is 2.79. The fraction of sp³-hybridized carbons (Fsp3) is 0.500. The number of hydrogen-bond acceptors (Lipinski definition) is 4. The first-order valence-corrected chi connectivity index (χ1v) is 9.27. The number of amides is 1. The van der Waals surface area contributed by atoms with Crippen LogP contribution < -0.4 is 5.32 Å². The first-order valence-electron chi connectivity index (χ1n) is 9.27. The number of nitrogens with one attached hydrogen (secondary N) is 1. The Morgan fingerprint density at radius 2 is 2.16 bits per heavy atom. The van der Waals surface area contributed by atoms with E-state index in [9.17, 15) is 4.79 Å². The summed E-state index contributed by atoms with van der Waals surface area (Å²) in [5, 5.41) is 4.22. The van der Waals surface area contributed by atoms with E-state index in [-0.39, 0.29) is 11.9 Å². The molecule has 3 heterocycles. The van der Waals surface area contributed by atoms with Crippen LogP contribution in [0.4, 0.5) is 0 Å². The highest BCUT2D eigenvalue weighted by atomic mass is 16.5. The standard InChI is InChI=1S/C20H23N3O2/c24-20(15-5-6-18-14(8-15)2-1-7-21-18)22-16-9-17-12-25-19(13-3-4-13)11-23(17)10-16/h1-2,5-8,13,16-17,19H,3-4,9-12H2,(H,22,24)/t16-,17-,19+/m0/s1. The van der Waals surface area contributed by atoms with E-state index >= 15 is 0 Å². The lowest BCUT2D eigenvalue weighted by Gasteiger charge is -2.35. The molecule has 2 aromatic rings. The van der Waals surface area contributed by atoms with Crippen molar-refractivity contribution in [3.05, 3.63) is 42.1 Å². The van der Waals surface area contributed by atoms with E-state index in [0.717, 1.165) is 42.9 Å². The van der Waals surface area contributed by atoms with Gasteiger partial charge in [-0.25, -0.2) is 0 Å². The molecule has 5 rings (SSSR count). The molecule has 3 atom stereocenters. The number of benzene rings is 1. The highest BCUT2D eigenvalue weighted by Crippen LogP contribution is 2.37. The number of morpholine rings is 1. The number of nitrogens with zero attached hydrogens (tertiary/aromatic N) is 2. The van der Waals surface area contributed by atoms with Crippen LogP contribution >= 0.6 is 0 Å². The minimum Gasteiger partial charge on any atom is -0.375 e. The monoisotopic (exact) mass is 337 g/mol. The molecule has 1 amide bonds. The Morgan fingerprint density at radius 3 is 3.04 bits per heavy atom. The van der Waals surface area contributed by atoms with Gasteiger partial charge in [0.15, 0.2) is 0 Å². The van der Waals surface area contributed by atoms with Gasteiger partial charge in [0.25, 0.3) is 5.91 Å². The average molecular weight is 337 g/mol. The van der Waals surface area contributed by atoms with Gasteiger partial charge in [-0.3, -0.25) is 14.7 Å². The number of carbonyl (C=O) groups excluding carboxylic acids is 1. The average Bonchev–Trinajstić information content (AvgIpc) is 3.41. The van der Waals surface area contributed by atoms with Crippen LogP contribution in [0.1, 0.15) is 29.6 Å². The van der Waals surface area contributed by atoms with Crippen LogP contribution in [0.25, 0.3) is 10.9 Å². The zero-order valence-corrected chi connectivity index (χ0v) is 14.2. The molecule has 3 aliphatic rings. The summed E-state index contributed by atoms with van der Waals surface area (Å²) in [6, 6.07) is 10.3. The lowest BCUT2D eigenvalue weighted by atomic mass is 10.1. The molecule has 1 N–H and O–H groups in total. The Morgan fingerprint density at radius 1 is 1.24 bits per heavy atom. The SMILES string of the molecule is O=C(N[C@H]1C[C@H]2CO[C@@H](C3CC3)CN2C1)c1ccc2ncccc2c1. The summed E-state index contributed by atoms with van der Waals surface area (Å²) in [6.07, 6.45) is 5.81. The molecule has 5 nitrogen and oxygen atoms in total. The van der Waals surface area contributed by atoms with Gasteiger partial charge in [-0.2, -0.15) is 0 Å². The number of rotatable bonds is 3. The second-order valence-electron chi connectivity index (χ2n) is 7.63. The van der Waals surface area contributed by atoms with Gasteiger partial charge in [0.1, 0.15) is 0 Å². The summed E-state index contributed by atoms with van der Waals surface area (Å²) >= 11 is 0. The minimum atomic E-state index is 0.00950. The van der Waals surface area contributed by atoms with Crippen molar-refractivity contribution in [2.24, 2.45) is 5.92 Å². The number of pyridine rings is 1. The van der Waals surface area contributed by atoms with E-state index in [1.807, 2.05) is 30.3 Å².